The minimum absolute atomic E-state index is 0.0830. The largest absolute Gasteiger partial charge is 0.507 e. The number of phenolic OH excluding ortho intramolecular Hbond substituents is 1. The first-order chi connectivity index (χ1) is 11.5. The molecule has 2 rings (SSSR count). The van der Waals surface area contributed by atoms with E-state index in [1.165, 1.54) is 24.4 Å². The lowest BCUT2D eigenvalue weighted by Crippen LogP contribution is -1.97. The molecule has 0 saturated heterocycles. The molecule has 0 saturated carbocycles. The van der Waals surface area contributed by atoms with Crippen molar-refractivity contribution in [2.45, 2.75) is 13.8 Å². The minimum atomic E-state index is -0.527. The first kappa shape index (κ1) is 17.3. The Labute approximate surface area is 139 Å². The van der Waals surface area contributed by atoms with Crippen molar-refractivity contribution in [3.05, 3.63) is 52.1 Å². The van der Waals surface area contributed by atoms with Gasteiger partial charge in [0.1, 0.15) is 5.75 Å². The van der Waals surface area contributed by atoms with Gasteiger partial charge in [0, 0.05) is 30.0 Å². The van der Waals surface area contributed by atoms with Gasteiger partial charge >= 0.3 is 0 Å². The van der Waals surface area contributed by atoms with Crippen molar-refractivity contribution in [1.29, 1.82) is 0 Å². The SMILES string of the molecule is CCOc1ccc(N=Cc2cc([N+](=O)[O-])ccc2O)cc1OCC. The van der Waals surface area contributed by atoms with E-state index >= 15 is 0 Å². The minimum Gasteiger partial charge on any atom is -0.507 e. The van der Waals surface area contributed by atoms with Crippen molar-refractivity contribution in [1.82, 2.24) is 0 Å². The summed E-state index contributed by atoms with van der Waals surface area (Å²) in [7, 11) is 0. The number of phenols is 1. The number of rotatable bonds is 7. The smallest absolute Gasteiger partial charge is 0.270 e. The molecule has 0 spiro atoms. The Hall–Kier alpha value is -3.09. The van der Waals surface area contributed by atoms with Gasteiger partial charge in [-0.1, -0.05) is 0 Å². The molecular weight excluding hydrogens is 312 g/mol. The van der Waals surface area contributed by atoms with Crippen molar-refractivity contribution < 1.29 is 19.5 Å². The highest BCUT2D eigenvalue weighted by Gasteiger charge is 2.09. The summed E-state index contributed by atoms with van der Waals surface area (Å²) in [4.78, 5) is 14.5. The van der Waals surface area contributed by atoms with E-state index < -0.39 is 4.92 Å². The standard InChI is InChI=1S/C17H18N2O5/c1-3-23-16-8-5-13(10-17(16)24-4-2)18-11-12-9-14(19(21)22)6-7-15(12)20/h5-11,20H,3-4H2,1-2H3. The van der Waals surface area contributed by atoms with Crippen LogP contribution in [0, 0.1) is 10.1 Å². The van der Waals surface area contributed by atoms with E-state index in [-0.39, 0.29) is 17.0 Å². The lowest BCUT2D eigenvalue weighted by atomic mass is 10.2. The molecule has 126 valence electrons. The highest BCUT2D eigenvalue weighted by atomic mass is 16.6. The number of nitro groups is 1. The average molecular weight is 330 g/mol. The fraction of sp³-hybridized carbons (Fsp3) is 0.235. The van der Waals surface area contributed by atoms with Crippen LogP contribution in [0.1, 0.15) is 19.4 Å². The van der Waals surface area contributed by atoms with Crippen LogP contribution < -0.4 is 9.47 Å². The van der Waals surface area contributed by atoms with Gasteiger partial charge in [-0.3, -0.25) is 15.1 Å². The highest BCUT2D eigenvalue weighted by Crippen LogP contribution is 2.32. The summed E-state index contributed by atoms with van der Waals surface area (Å²) < 4.78 is 11.0. The van der Waals surface area contributed by atoms with Crippen LogP contribution in [0.25, 0.3) is 0 Å². The Morgan fingerprint density at radius 2 is 1.83 bits per heavy atom. The lowest BCUT2D eigenvalue weighted by Gasteiger charge is -2.11. The van der Waals surface area contributed by atoms with Gasteiger partial charge in [-0.05, 0) is 32.0 Å². The number of benzene rings is 2. The van der Waals surface area contributed by atoms with Crippen LogP contribution in [0.3, 0.4) is 0 Å². The number of nitro benzene ring substituents is 1. The Balaban J connectivity index is 2.30. The first-order valence-electron chi connectivity index (χ1n) is 7.46. The zero-order chi connectivity index (χ0) is 17.5. The second kappa shape index (κ2) is 7.96. The lowest BCUT2D eigenvalue weighted by molar-refractivity contribution is -0.384. The Morgan fingerprint density at radius 1 is 1.12 bits per heavy atom. The molecule has 0 atom stereocenters. The number of aromatic hydroxyl groups is 1. The second-order valence-electron chi connectivity index (χ2n) is 4.76. The van der Waals surface area contributed by atoms with Gasteiger partial charge in [-0.15, -0.1) is 0 Å². The molecule has 0 radical (unpaired) electrons. The molecule has 0 aliphatic carbocycles. The zero-order valence-corrected chi connectivity index (χ0v) is 13.4. The van der Waals surface area contributed by atoms with Crippen LogP contribution in [0.4, 0.5) is 11.4 Å². The Kier molecular flexibility index (Phi) is 5.73. The molecule has 0 heterocycles. The van der Waals surface area contributed by atoms with Gasteiger partial charge in [-0.2, -0.15) is 0 Å². The van der Waals surface area contributed by atoms with E-state index in [9.17, 15) is 15.2 Å². The molecule has 0 amide bonds. The monoisotopic (exact) mass is 330 g/mol. The maximum atomic E-state index is 10.8. The highest BCUT2D eigenvalue weighted by molar-refractivity contribution is 5.86. The number of ether oxygens (including phenoxy) is 2. The third-order valence-electron chi connectivity index (χ3n) is 3.10. The molecule has 7 heteroatoms. The number of aliphatic imine (C=N–C) groups is 1. The van der Waals surface area contributed by atoms with Crippen LogP contribution in [-0.2, 0) is 0 Å². The van der Waals surface area contributed by atoms with E-state index in [0.29, 0.717) is 30.4 Å². The molecule has 0 bridgehead atoms. The number of nitrogens with zero attached hydrogens (tertiary/aromatic N) is 2. The molecule has 2 aromatic carbocycles. The fourth-order valence-corrected chi connectivity index (χ4v) is 2.02. The summed E-state index contributed by atoms with van der Waals surface area (Å²) in [6.07, 6.45) is 1.37. The van der Waals surface area contributed by atoms with Gasteiger partial charge in [0.05, 0.1) is 23.8 Å². The van der Waals surface area contributed by atoms with E-state index in [0.717, 1.165) is 0 Å². The van der Waals surface area contributed by atoms with E-state index in [4.69, 9.17) is 9.47 Å². The van der Waals surface area contributed by atoms with Crippen LogP contribution >= 0.6 is 0 Å². The van der Waals surface area contributed by atoms with Crippen molar-refractivity contribution in [3.63, 3.8) is 0 Å². The predicted octanol–water partition coefficient (Wildman–Crippen LogP) is 3.85. The van der Waals surface area contributed by atoms with Gasteiger partial charge in [0.25, 0.3) is 5.69 Å². The molecule has 7 nitrogen and oxygen atoms in total. The van der Waals surface area contributed by atoms with Gasteiger partial charge < -0.3 is 14.6 Å². The summed E-state index contributed by atoms with van der Waals surface area (Å²) >= 11 is 0. The van der Waals surface area contributed by atoms with E-state index in [2.05, 4.69) is 4.99 Å². The molecule has 1 N–H and O–H groups in total. The summed E-state index contributed by atoms with van der Waals surface area (Å²) in [6.45, 7) is 4.75. The Bertz CT molecular complexity index is 759. The number of hydrogen-bond acceptors (Lipinski definition) is 6. The van der Waals surface area contributed by atoms with Crippen LogP contribution in [-0.4, -0.2) is 29.5 Å². The molecule has 0 aromatic heterocycles. The summed E-state index contributed by atoms with van der Waals surface area (Å²) in [5.74, 6) is 1.11. The summed E-state index contributed by atoms with van der Waals surface area (Å²) in [6, 6.07) is 8.95. The predicted molar refractivity (Wildman–Crippen MR) is 90.8 cm³/mol. The maximum Gasteiger partial charge on any atom is 0.270 e. The number of hydrogen-bond donors (Lipinski definition) is 1. The average Bonchev–Trinajstić information content (AvgIpc) is 2.56. The fourth-order valence-electron chi connectivity index (χ4n) is 2.02. The molecule has 2 aromatic rings. The number of non-ortho nitro benzene ring substituents is 1. The molecule has 0 fully saturated rings. The van der Waals surface area contributed by atoms with Crippen molar-refractivity contribution in [2.24, 2.45) is 4.99 Å². The summed E-state index contributed by atoms with van der Waals surface area (Å²) in [5.41, 5.74) is 0.722. The molecule has 24 heavy (non-hydrogen) atoms. The topological polar surface area (TPSA) is 94.2 Å². The van der Waals surface area contributed by atoms with Gasteiger partial charge in [0.2, 0.25) is 0 Å². The second-order valence-corrected chi connectivity index (χ2v) is 4.76. The molecular formula is C17H18N2O5. The van der Waals surface area contributed by atoms with E-state index in [1.807, 2.05) is 13.8 Å². The maximum absolute atomic E-state index is 10.8. The normalized spacial score (nSPS) is 10.8. The zero-order valence-electron chi connectivity index (χ0n) is 13.4. The van der Waals surface area contributed by atoms with Crippen molar-refractivity contribution in [2.75, 3.05) is 13.2 Å². The van der Waals surface area contributed by atoms with Crippen LogP contribution in [0.2, 0.25) is 0 Å². The van der Waals surface area contributed by atoms with Gasteiger partial charge in [-0.25, -0.2) is 0 Å². The van der Waals surface area contributed by atoms with Gasteiger partial charge in [0.15, 0.2) is 11.5 Å². The molecule has 0 unspecified atom stereocenters. The molecule has 0 aliphatic rings. The van der Waals surface area contributed by atoms with Crippen LogP contribution in [0.15, 0.2) is 41.4 Å². The third-order valence-corrected chi connectivity index (χ3v) is 3.10. The molecule has 0 aliphatic heterocycles. The van der Waals surface area contributed by atoms with Crippen molar-refractivity contribution >= 4 is 17.6 Å². The summed E-state index contributed by atoms with van der Waals surface area (Å²) in [5, 5.41) is 20.6. The van der Waals surface area contributed by atoms with Crippen molar-refractivity contribution in [3.8, 4) is 17.2 Å². The Morgan fingerprint density at radius 3 is 2.50 bits per heavy atom. The third kappa shape index (κ3) is 4.22. The quantitative estimate of drug-likeness (QED) is 0.473. The van der Waals surface area contributed by atoms with Crippen LogP contribution in [0.5, 0.6) is 17.2 Å². The van der Waals surface area contributed by atoms with E-state index in [1.54, 1.807) is 18.2 Å². The first-order valence-corrected chi connectivity index (χ1v) is 7.46.